The van der Waals surface area contributed by atoms with Crippen LogP contribution in [0.15, 0.2) is 9.59 Å². The molecule has 0 aromatic carbocycles. The zero-order chi connectivity index (χ0) is 16.6. The van der Waals surface area contributed by atoms with Gasteiger partial charge in [0.25, 0.3) is 5.56 Å². The quantitative estimate of drug-likeness (QED) is 0.716. The standard InChI is InChI=1S/C14H22N4O4/c1-8-5-18(6-9(2)22-8)7-10(19)11-12(15)16(3)14(21)17(4)13(11)20/h8-9H,5-7,15H2,1-4H3. The van der Waals surface area contributed by atoms with Crippen LogP contribution in [0.5, 0.6) is 0 Å². The number of hydrogen-bond acceptors (Lipinski definition) is 6. The first-order chi connectivity index (χ1) is 10.2. The molecule has 1 aliphatic rings. The monoisotopic (exact) mass is 310 g/mol. The van der Waals surface area contributed by atoms with Gasteiger partial charge in [-0.25, -0.2) is 4.79 Å². The molecule has 2 rings (SSSR count). The Labute approximate surface area is 128 Å². The van der Waals surface area contributed by atoms with Gasteiger partial charge in [-0.05, 0) is 13.8 Å². The SMILES string of the molecule is CC1CN(CC(=O)c2c(N)n(C)c(=O)n(C)c2=O)CC(C)O1. The third kappa shape index (κ3) is 2.97. The van der Waals surface area contributed by atoms with Gasteiger partial charge < -0.3 is 10.5 Å². The molecule has 8 heteroatoms. The second-order valence-electron chi connectivity index (χ2n) is 5.84. The smallest absolute Gasteiger partial charge is 0.332 e. The highest BCUT2D eigenvalue weighted by molar-refractivity contribution is 6.01. The molecule has 0 aliphatic carbocycles. The van der Waals surface area contributed by atoms with Crippen molar-refractivity contribution < 1.29 is 9.53 Å². The van der Waals surface area contributed by atoms with Crippen molar-refractivity contribution in [3.05, 3.63) is 26.4 Å². The number of anilines is 1. The van der Waals surface area contributed by atoms with E-state index in [2.05, 4.69) is 0 Å². The average molecular weight is 310 g/mol. The molecule has 1 aromatic rings. The normalized spacial score (nSPS) is 22.7. The van der Waals surface area contributed by atoms with E-state index in [0.29, 0.717) is 13.1 Å². The summed E-state index contributed by atoms with van der Waals surface area (Å²) in [6.07, 6.45) is 0.0497. The second kappa shape index (κ2) is 6.05. The van der Waals surface area contributed by atoms with Crippen LogP contribution >= 0.6 is 0 Å². The van der Waals surface area contributed by atoms with Crippen LogP contribution in [0, 0.1) is 0 Å². The molecule has 0 saturated carbocycles. The summed E-state index contributed by atoms with van der Waals surface area (Å²) in [6, 6.07) is 0. The van der Waals surface area contributed by atoms with Gasteiger partial charge in [-0.3, -0.25) is 23.6 Å². The van der Waals surface area contributed by atoms with Gasteiger partial charge in [0.15, 0.2) is 5.78 Å². The Morgan fingerprint density at radius 1 is 1.18 bits per heavy atom. The molecular weight excluding hydrogens is 288 g/mol. The average Bonchev–Trinajstić information content (AvgIpc) is 2.42. The van der Waals surface area contributed by atoms with Gasteiger partial charge in [0.05, 0.1) is 18.8 Å². The van der Waals surface area contributed by atoms with E-state index in [1.54, 1.807) is 0 Å². The van der Waals surface area contributed by atoms with Crippen molar-refractivity contribution in [2.75, 3.05) is 25.4 Å². The number of nitrogen functional groups attached to an aromatic ring is 1. The summed E-state index contributed by atoms with van der Waals surface area (Å²) in [4.78, 5) is 38.4. The van der Waals surface area contributed by atoms with Crippen LogP contribution in [0.25, 0.3) is 0 Å². The van der Waals surface area contributed by atoms with Crippen molar-refractivity contribution in [1.82, 2.24) is 14.0 Å². The largest absolute Gasteiger partial charge is 0.384 e. The second-order valence-corrected chi connectivity index (χ2v) is 5.84. The molecule has 1 aliphatic heterocycles. The number of hydrogen-bond donors (Lipinski definition) is 1. The minimum atomic E-state index is -0.653. The molecule has 0 bridgehead atoms. The van der Waals surface area contributed by atoms with E-state index in [-0.39, 0.29) is 35.9 Å². The summed E-state index contributed by atoms with van der Waals surface area (Å²) in [6.45, 7) is 5.18. The van der Waals surface area contributed by atoms with Crippen LogP contribution in [0.4, 0.5) is 5.82 Å². The first-order valence-corrected chi connectivity index (χ1v) is 7.18. The molecule has 8 nitrogen and oxygen atoms in total. The van der Waals surface area contributed by atoms with E-state index in [9.17, 15) is 14.4 Å². The molecule has 0 amide bonds. The summed E-state index contributed by atoms with van der Waals surface area (Å²) in [5, 5.41) is 0. The highest BCUT2D eigenvalue weighted by atomic mass is 16.5. The highest BCUT2D eigenvalue weighted by Crippen LogP contribution is 2.12. The minimum absolute atomic E-state index is 0.0249. The van der Waals surface area contributed by atoms with Crippen molar-refractivity contribution in [2.24, 2.45) is 14.1 Å². The maximum absolute atomic E-state index is 12.5. The van der Waals surface area contributed by atoms with Gasteiger partial charge >= 0.3 is 5.69 Å². The van der Waals surface area contributed by atoms with E-state index in [1.165, 1.54) is 14.1 Å². The number of nitrogens with two attached hydrogens (primary N) is 1. The van der Waals surface area contributed by atoms with Crippen molar-refractivity contribution in [1.29, 1.82) is 0 Å². The summed E-state index contributed by atoms with van der Waals surface area (Å²) in [7, 11) is 2.77. The molecule has 1 aromatic heterocycles. The Kier molecular flexibility index (Phi) is 4.52. The van der Waals surface area contributed by atoms with Gasteiger partial charge in [-0.2, -0.15) is 0 Å². The lowest BCUT2D eigenvalue weighted by Crippen LogP contribution is -2.48. The van der Waals surface area contributed by atoms with Crippen molar-refractivity contribution in [2.45, 2.75) is 26.1 Å². The fraction of sp³-hybridized carbons (Fsp3) is 0.643. The van der Waals surface area contributed by atoms with Crippen molar-refractivity contribution in [3.8, 4) is 0 Å². The van der Waals surface area contributed by atoms with Crippen LogP contribution in [0.3, 0.4) is 0 Å². The Hall–Kier alpha value is -1.93. The molecule has 2 atom stereocenters. The molecule has 1 saturated heterocycles. The zero-order valence-corrected chi connectivity index (χ0v) is 13.3. The van der Waals surface area contributed by atoms with Gasteiger partial charge in [-0.1, -0.05) is 0 Å². The van der Waals surface area contributed by atoms with Gasteiger partial charge in [0, 0.05) is 27.2 Å². The Balaban J connectivity index is 2.31. The maximum Gasteiger partial charge on any atom is 0.332 e. The van der Waals surface area contributed by atoms with E-state index in [1.807, 2.05) is 18.7 Å². The van der Waals surface area contributed by atoms with Gasteiger partial charge in [-0.15, -0.1) is 0 Å². The fourth-order valence-corrected chi connectivity index (χ4v) is 2.82. The number of nitrogens with zero attached hydrogens (tertiary/aromatic N) is 3. The topological polar surface area (TPSA) is 99.6 Å². The lowest BCUT2D eigenvalue weighted by molar-refractivity contribution is -0.0652. The molecule has 2 heterocycles. The molecule has 0 spiro atoms. The zero-order valence-electron chi connectivity index (χ0n) is 13.3. The number of ether oxygens (including phenoxy) is 1. The molecular formula is C14H22N4O4. The maximum atomic E-state index is 12.5. The van der Waals surface area contributed by atoms with Crippen LogP contribution < -0.4 is 17.0 Å². The van der Waals surface area contributed by atoms with E-state index >= 15 is 0 Å². The lowest BCUT2D eigenvalue weighted by Gasteiger charge is -2.34. The molecule has 1 fully saturated rings. The number of rotatable bonds is 3. The van der Waals surface area contributed by atoms with Crippen molar-refractivity contribution in [3.63, 3.8) is 0 Å². The third-order valence-corrected chi connectivity index (χ3v) is 3.85. The highest BCUT2D eigenvalue weighted by Gasteiger charge is 2.27. The summed E-state index contributed by atoms with van der Waals surface area (Å²) in [5.74, 6) is -0.470. The number of morpholine rings is 1. The minimum Gasteiger partial charge on any atom is -0.384 e. The van der Waals surface area contributed by atoms with Crippen molar-refractivity contribution >= 4 is 11.6 Å². The first kappa shape index (κ1) is 16.4. The molecule has 22 heavy (non-hydrogen) atoms. The number of ketones is 1. The lowest BCUT2D eigenvalue weighted by atomic mass is 10.1. The van der Waals surface area contributed by atoms with Crippen LogP contribution in [0.2, 0.25) is 0 Å². The number of Topliss-reactive ketones (excluding diaryl/α,β-unsaturated/α-hetero) is 1. The molecule has 122 valence electrons. The molecule has 0 radical (unpaired) electrons. The van der Waals surface area contributed by atoms with Gasteiger partial charge in [0.2, 0.25) is 0 Å². The summed E-state index contributed by atoms with van der Waals surface area (Å²) in [5.41, 5.74) is 4.47. The summed E-state index contributed by atoms with van der Waals surface area (Å²) < 4.78 is 7.62. The first-order valence-electron chi connectivity index (χ1n) is 7.18. The van der Waals surface area contributed by atoms with Gasteiger partial charge in [0.1, 0.15) is 11.4 Å². The van der Waals surface area contributed by atoms with E-state index in [0.717, 1.165) is 9.13 Å². The van der Waals surface area contributed by atoms with Crippen LogP contribution in [-0.4, -0.2) is 51.7 Å². The van der Waals surface area contributed by atoms with E-state index in [4.69, 9.17) is 10.5 Å². The number of aromatic nitrogens is 2. The number of carbonyl (C=O) groups is 1. The molecule has 2 unspecified atom stereocenters. The Morgan fingerprint density at radius 3 is 2.27 bits per heavy atom. The fourth-order valence-electron chi connectivity index (χ4n) is 2.82. The summed E-state index contributed by atoms with van der Waals surface area (Å²) >= 11 is 0. The Morgan fingerprint density at radius 2 is 1.73 bits per heavy atom. The van der Waals surface area contributed by atoms with Crippen LogP contribution in [0.1, 0.15) is 24.2 Å². The van der Waals surface area contributed by atoms with Crippen LogP contribution in [-0.2, 0) is 18.8 Å². The predicted octanol–water partition coefficient (Wildman–Crippen LogP) is -1.04. The number of carbonyl (C=O) groups excluding carboxylic acids is 1. The Bertz CT molecular complexity index is 696. The van der Waals surface area contributed by atoms with E-state index < -0.39 is 11.2 Å². The molecule has 2 N–H and O–H groups in total. The predicted molar refractivity (Wildman–Crippen MR) is 82.1 cm³/mol. The third-order valence-electron chi connectivity index (χ3n) is 3.85.